The average Bonchev–Trinajstić information content (AvgIpc) is 2.99. The summed E-state index contributed by atoms with van der Waals surface area (Å²) in [4.78, 5) is 18.9. The zero-order valence-corrected chi connectivity index (χ0v) is 27.4. The largest absolute Gasteiger partial charge is 0.464 e. The minimum atomic E-state index is -0.0411. The maximum absolute atomic E-state index is 12.1. The Morgan fingerprint density at radius 1 is 0.857 bits per heavy atom. The number of nitrogens with zero attached hydrogens (tertiary/aromatic N) is 2. The van der Waals surface area contributed by atoms with Gasteiger partial charge in [-0.25, -0.2) is 0 Å². The first-order valence-electron chi connectivity index (χ1n) is 16.9. The number of unbranched alkanes of at least 4 members (excludes halogenated alkanes) is 13. The first-order valence-corrected chi connectivity index (χ1v) is 17.3. The summed E-state index contributed by atoms with van der Waals surface area (Å²) >= 11 is 6.09. The number of hydrogen-bond donors (Lipinski definition) is 1. The molecule has 0 saturated carbocycles. The van der Waals surface area contributed by atoms with E-state index >= 15 is 0 Å². The van der Waals surface area contributed by atoms with Gasteiger partial charge < -0.3 is 15.0 Å². The van der Waals surface area contributed by atoms with E-state index in [2.05, 4.69) is 41.2 Å². The van der Waals surface area contributed by atoms with Gasteiger partial charge in [-0.3, -0.25) is 9.78 Å². The number of halogens is 1. The SMILES string of the molecule is CCCCCCCC/C=C/CCCCCCCC(=O)OCCN(CC)CCCCCNc1ccnc2cc(Cl)ccc12. The van der Waals surface area contributed by atoms with Gasteiger partial charge in [0.1, 0.15) is 6.61 Å². The fourth-order valence-corrected chi connectivity index (χ4v) is 5.43. The van der Waals surface area contributed by atoms with Crippen molar-refractivity contribution in [3.8, 4) is 0 Å². The molecule has 5 nitrogen and oxygen atoms in total. The van der Waals surface area contributed by atoms with Crippen molar-refractivity contribution in [3.63, 3.8) is 0 Å². The lowest BCUT2D eigenvalue weighted by molar-refractivity contribution is -0.144. The quantitative estimate of drug-likeness (QED) is 0.0662. The van der Waals surface area contributed by atoms with Gasteiger partial charge in [0, 0.05) is 41.8 Å². The number of esters is 1. The van der Waals surface area contributed by atoms with Crippen molar-refractivity contribution in [2.45, 2.75) is 123 Å². The zero-order valence-electron chi connectivity index (χ0n) is 26.7. The van der Waals surface area contributed by atoms with E-state index in [1.54, 1.807) is 0 Å². The lowest BCUT2D eigenvalue weighted by Gasteiger charge is -2.20. The summed E-state index contributed by atoms with van der Waals surface area (Å²) in [5, 5.41) is 5.36. The molecule has 2 aromatic rings. The molecule has 0 spiro atoms. The maximum atomic E-state index is 12.1. The molecule has 1 heterocycles. The molecule has 2 rings (SSSR count). The third kappa shape index (κ3) is 17.1. The van der Waals surface area contributed by atoms with Gasteiger partial charge >= 0.3 is 5.97 Å². The monoisotopic (exact) mass is 599 g/mol. The first kappa shape index (κ1) is 36.1. The number of fused-ring (bicyclic) bond motifs is 1. The summed E-state index contributed by atoms with van der Waals surface area (Å²) in [6.07, 6.45) is 27.0. The molecular formula is C36H58ClN3O2. The molecular weight excluding hydrogens is 542 g/mol. The molecule has 6 heteroatoms. The van der Waals surface area contributed by atoms with Gasteiger partial charge in [-0.15, -0.1) is 0 Å². The van der Waals surface area contributed by atoms with Crippen LogP contribution in [0.15, 0.2) is 42.6 Å². The minimum absolute atomic E-state index is 0.0411. The van der Waals surface area contributed by atoms with Crippen LogP contribution < -0.4 is 5.32 Å². The van der Waals surface area contributed by atoms with E-state index in [4.69, 9.17) is 16.3 Å². The normalized spacial score (nSPS) is 11.6. The number of likely N-dealkylation sites (N-methyl/N-ethyl adjacent to an activating group) is 1. The van der Waals surface area contributed by atoms with E-state index in [-0.39, 0.29) is 5.97 Å². The molecule has 1 aromatic heterocycles. The molecule has 0 saturated heterocycles. The van der Waals surface area contributed by atoms with Crippen molar-refractivity contribution in [3.05, 3.63) is 47.6 Å². The Balaban J connectivity index is 1.39. The van der Waals surface area contributed by atoms with Crippen LogP contribution in [0.25, 0.3) is 10.9 Å². The number of benzene rings is 1. The molecule has 0 aliphatic heterocycles. The molecule has 42 heavy (non-hydrogen) atoms. The smallest absolute Gasteiger partial charge is 0.305 e. The number of rotatable bonds is 26. The van der Waals surface area contributed by atoms with Crippen molar-refractivity contribution in [2.24, 2.45) is 0 Å². The summed E-state index contributed by atoms with van der Waals surface area (Å²) in [7, 11) is 0. The minimum Gasteiger partial charge on any atom is -0.464 e. The van der Waals surface area contributed by atoms with Gasteiger partial charge in [0.05, 0.1) is 5.52 Å². The molecule has 0 atom stereocenters. The second-order valence-electron chi connectivity index (χ2n) is 11.5. The topological polar surface area (TPSA) is 54.5 Å². The number of hydrogen-bond acceptors (Lipinski definition) is 5. The second kappa shape index (κ2) is 24.3. The molecule has 0 aliphatic carbocycles. The van der Waals surface area contributed by atoms with E-state index in [1.807, 2.05) is 30.5 Å². The molecule has 0 amide bonds. The first-order chi connectivity index (χ1) is 20.6. The van der Waals surface area contributed by atoms with Crippen molar-refractivity contribution in [1.29, 1.82) is 0 Å². The molecule has 236 valence electrons. The Hall–Kier alpha value is -2.11. The second-order valence-corrected chi connectivity index (χ2v) is 11.9. The summed E-state index contributed by atoms with van der Waals surface area (Å²) in [6, 6.07) is 7.86. The van der Waals surface area contributed by atoms with Gasteiger partial charge in [-0.1, -0.05) is 95.4 Å². The van der Waals surface area contributed by atoms with E-state index < -0.39 is 0 Å². The number of allylic oxidation sites excluding steroid dienone is 2. The average molecular weight is 600 g/mol. The number of anilines is 1. The van der Waals surface area contributed by atoms with Crippen LogP contribution in [-0.4, -0.2) is 48.6 Å². The van der Waals surface area contributed by atoms with Crippen LogP contribution in [-0.2, 0) is 9.53 Å². The Morgan fingerprint density at radius 3 is 2.29 bits per heavy atom. The molecule has 0 radical (unpaired) electrons. The number of carbonyl (C=O) groups is 1. The van der Waals surface area contributed by atoms with E-state index in [1.165, 1.54) is 70.6 Å². The van der Waals surface area contributed by atoms with Crippen LogP contribution in [0.2, 0.25) is 5.02 Å². The lowest BCUT2D eigenvalue weighted by atomic mass is 10.1. The van der Waals surface area contributed by atoms with E-state index in [9.17, 15) is 4.79 Å². The van der Waals surface area contributed by atoms with E-state index in [0.29, 0.717) is 18.1 Å². The third-order valence-electron chi connectivity index (χ3n) is 7.93. The Kier molecular flexibility index (Phi) is 20.9. The van der Waals surface area contributed by atoms with Crippen LogP contribution in [0.5, 0.6) is 0 Å². The summed E-state index contributed by atoms with van der Waals surface area (Å²) in [5.41, 5.74) is 2.02. The Bertz CT molecular complexity index is 997. The number of pyridine rings is 1. The predicted octanol–water partition coefficient (Wildman–Crippen LogP) is 10.4. The third-order valence-corrected chi connectivity index (χ3v) is 8.17. The number of ether oxygens (including phenoxy) is 1. The van der Waals surface area contributed by atoms with Gasteiger partial charge in [-0.2, -0.15) is 0 Å². The van der Waals surface area contributed by atoms with Crippen LogP contribution >= 0.6 is 11.6 Å². The highest BCUT2D eigenvalue weighted by Crippen LogP contribution is 2.24. The predicted molar refractivity (Wildman–Crippen MR) is 182 cm³/mol. The van der Waals surface area contributed by atoms with Crippen molar-refractivity contribution >= 4 is 34.2 Å². The van der Waals surface area contributed by atoms with Crippen LogP contribution in [0.3, 0.4) is 0 Å². The zero-order chi connectivity index (χ0) is 30.1. The Morgan fingerprint density at radius 2 is 1.55 bits per heavy atom. The number of carbonyl (C=O) groups excluding carboxylic acids is 1. The lowest BCUT2D eigenvalue weighted by Crippen LogP contribution is -2.29. The molecule has 0 aliphatic rings. The van der Waals surface area contributed by atoms with Gasteiger partial charge in [-0.05, 0) is 82.3 Å². The molecule has 0 bridgehead atoms. The number of nitrogens with one attached hydrogen (secondary N) is 1. The maximum Gasteiger partial charge on any atom is 0.305 e. The standard InChI is InChI=1S/C36H58ClN3O2/c1-3-5-6-7-8-9-10-11-12-13-14-15-16-17-19-22-36(41)42-30-29-40(4-2)28-21-18-20-26-38-34-25-27-39-35-31-32(37)23-24-33(34)35/h11-12,23-25,27,31H,3-10,13-22,26,28-30H2,1-2H3,(H,38,39)/b12-11+. The van der Waals surface area contributed by atoms with Crippen molar-refractivity contribution < 1.29 is 9.53 Å². The van der Waals surface area contributed by atoms with Crippen LogP contribution in [0, 0.1) is 0 Å². The molecule has 0 fully saturated rings. The van der Waals surface area contributed by atoms with E-state index in [0.717, 1.165) is 74.9 Å². The summed E-state index contributed by atoms with van der Waals surface area (Å²) in [5.74, 6) is -0.0411. The fraction of sp³-hybridized carbons (Fsp3) is 0.667. The number of aromatic nitrogens is 1. The van der Waals surface area contributed by atoms with Gasteiger partial charge in [0.25, 0.3) is 0 Å². The fourth-order valence-electron chi connectivity index (χ4n) is 5.26. The summed E-state index contributed by atoms with van der Waals surface area (Å²) in [6.45, 7) is 8.72. The van der Waals surface area contributed by atoms with Crippen LogP contribution in [0.4, 0.5) is 5.69 Å². The van der Waals surface area contributed by atoms with Gasteiger partial charge in [0.2, 0.25) is 0 Å². The van der Waals surface area contributed by atoms with Crippen LogP contribution in [0.1, 0.15) is 123 Å². The molecule has 1 aromatic carbocycles. The Labute approximate surface area is 261 Å². The van der Waals surface area contributed by atoms with Gasteiger partial charge in [0.15, 0.2) is 0 Å². The highest BCUT2D eigenvalue weighted by Gasteiger charge is 2.07. The summed E-state index contributed by atoms with van der Waals surface area (Å²) < 4.78 is 5.52. The highest BCUT2D eigenvalue weighted by atomic mass is 35.5. The van der Waals surface area contributed by atoms with Crippen molar-refractivity contribution in [1.82, 2.24) is 9.88 Å². The molecule has 1 N–H and O–H groups in total. The van der Waals surface area contributed by atoms with Crippen molar-refractivity contribution in [2.75, 3.05) is 38.1 Å². The highest BCUT2D eigenvalue weighted by molar-refractivity contribution is 6.31. The molecule has 0 unspecified atom stereocenters.